The average Bonchev–Trinajstić information content (AvgIpc) is 2.91. The van der Waals surface area contributed by atoms with Crippen molar-refractivity contribution in [1.82, 2.24) is 14.1 Å². The number of rotatable bonds is 5. The Labute approximate surface area is 184 Å². The number of anilines is 1. The summed E-state index contributed by atoms with van der Waals surface area (Å²) in [6, 6.07) is 6.63. The molecule has 0 spiro atoms. The molecule has 1 amide bonds. The highest BCUT2D eigenvalue weighted by Crippen LogP contribution is 2.29. The lowest BCUT2D eigenvalue weighted by Gasteiger charge is -2.42. The summed E-state index contributed by atoms with van der Waals surface area (Å²) < 4.78 is 39.7. The summed E-state index contributed by atoms with van der Waals surface area (Å²) in [7, 11) is -0.102. The fourth-order valence-corrected chi connectivity index (χ4v) is 5.33. The second kappa shape index (κ2) is 9.40. The van der Waals surface area contributed by atoms with Crippen molar-refractivity contribution in [2.75, 3.05) is 71.1 Å². The van der Waals surface area contributed by atoms with Crippen LogP contribution in [0.1, 0.15) is 12.8 Å². The standard InChI is InChI=1S/C21H33FN4O4S/c1-23(2)20(27)17-14-24(12-13-26(15-17)31(3,29)30)16-21(28)8-10-25(11-9-21)19-7-5-4-6-18(19)22/h4-7,17,28H,8-16H2,1-3H3. The van der Waals surface area contributed by atoms with Gasteiger partial charge < -0.3 is 14.9 Å². The van der Waals surface area contributed by atoms with Gasteiger partial charge in [-0.1, -0.05) is 12.1 Å². The van der Waals surface area contributed by atoms with Crippen LogP contribution in [0.4, 0.5) is 10.1 Å². The van der Waals surface area contributed by atoms with Gasteiger partial charge in [-0.15, -0.1) is 0 Å². The van der Waals surface area contributed by atoms with Crippen LogP contribution < -0.4 is 4.90 Å². The first-order valence-corrected chi connectivity index (χ1v) is 12.4. The van der Waals surface area contributed by atoms with E-state index in [9.17, 15) is 22.7 Å². The Morgan fingerprint density at radius 2 is 1.81 bits per heavy atom. The largest absolute Gasteiger partial charge is 0.388 e. The summed E-state index contributed by atoms with van der Waals surface area (Å²) in [4.78, 5) is 18.1. The fraction of sp³-hybridized carbons (Fsp3) is 0.667. The number of halogens is 1. The van der Waals surface area contributed by atoms with E-state index in [-0.39, 0.29) is 24.8 Å². The minimum Gasteiger partial charge on any atom is -0.388 e. The van der Waals surface area contributed by atoms with Gasteiger partial charge in [0.1, 0.15) is 5.82 Å². The van der Waals surface area contributed by atoms with Gasteiger partial charge in [-0.3, -0.25) is 9.69 Å². The third kappa shape index (κ3) is 5.94. The minimum absolute atomic E-state index is 0.123. The Kier molecular flexibility index (Phi) is 7.25. The van der Waals surface area contributed by atoms with E-state index in [0.717, 1.165) is 6.26 Å². The molecule has 31 heavy (non-hydrogen) atoms. The van der Waals surface area contributed by atoms with Crippen molar-refractivity contribution < 1.29 is 22.7 Å². The van der Waals surface area contributed by atoms with Crippen molar-refractivity contribution in [3.05, 3.63) is 30.1 Å². The SMILES string of the molecule is CN(C)C(=O)C1CN(CC2(O)CCN(c3ccccc3F)CC2)CCN(S(C)(=O)=O)C1. The molecule has 2 aliphatic rings. The number of β-amino-alcohol motifs (C(OH)–C–C–N with tert-alkyl or cyclic N) is 1. The number of piperidine rings is 1. The lowest BCUT2D eigenvalue weighted by atomic mass is 9.90. The third-order valence-electron chi connectivity index (χ3n) is 6.23. The van der Waals surface area contributed by atoms with E-state index < -0.39 is 21.5 Å². The molecule has 2 saturated heterocycles. The van der Waals surface area contributed by atoms with Gasteiger partial charge in [-0.25, -0.2) is 17.1 Å². The van der Waals surface area contributed by atoms with Crippen molar-refractivity contribution in [2.24, 2.45) is 5.92 Å². The number of benzene rings is 1. The average molecular weight is 457 g/mol. The Balaban J connectivity index is 1.68. The van der Waals surface area contributed by atoms with Crippen molar-refractivity contribution in [1.29, 1.82) is 0 Å². The molecule has 0 bridgehead atoms. The molecule has 8 nitrogen and oxygen atoms in total. The molecule has 10 heteroatoms. The topological polar surface area (TPSA) is 84.4 Å². The summed E-state index contributed by atoms with van der Waals surface area (Å²) in [5.41, 5.74) is -0.423. The molecule has 2 aliphatic heterocycles. The highest BCUT2D eigenvalue weighted by molar-refractivity contribution is 7.88. The van der Waals surface area contributed by atoms with Gasteiger partial charge in [-0.2, -0.15) is 0 Å². The van der Waals surface area contributed by atoms with Crippen molar-refractivity contribution in [3.63, 3.8) is 0 Å². The maximum Gasteiger partial charge on any atom is 0.227 e. The van der Waals surface area contributed by atoms with E-state index in [4.69, 9.17) is 0 Å². The first kappa shape index (κ1) is 23.9. The van der Waals surface area contributed by atoms with Crippen molar-refractivity contribution >= 4 is 21.6 Å². The molecule has 1 N–H and O–H groups in total. The number of amides is 1. The Morgan fingerprint density at radius 1 is 1.16 bits per heavy atom. The van der Waals surface area contributed by atoms with Gasteiger partial charge in [0.2, 0.25) is 15.9 Å². The van der Waals surface area contributed by atoms with Crippen LogP contribution in [0.15, 0.2) is 24.3 Å². The quantitative estimate of drug-likeness (QED) is 0.692. The van der Waals surface area contributed by atoms with Crippen LogP contribution in [0, 0.1) is 11.7 Å². The number of para-hydroxylation sites is 1. The molecular formula is C21H33FN4O4S. The lowest BCUT2D eigenvalue weighted by molar-refractivity contribution is -0.133. The van der Waals surface area contributed by atoms with E-state index in [1.165, 1.54) is 15.3 Å². The number of sulfonamides is 1. The summed E-state index contributed by atoms with van der Waals surface area (Å²) in [6.45, 7) is 2.68. The van der Waals surface area contributed by atoms with Crippen LogP contribution in [-0.4, -0.2) is 105 Å². The third-order valence-corrected chi connectivity index (χ3v) is 7.50. The zero-order chi connectivity index (χ0) is 22.8. The zero-order valence-corrected chi connectivity index (χ0v) is 19.3. The minimum atomic E-state index is -3.42. The van der Waals surface area contributed by atoms with E-state index in [2.05, 4.69) is 0 Å². The molecule has 1 unspecified atom stereocenters. The Hall–Kier alpha value is -1.75. The summed E-state index contributed by atoms with van der Waals surface area (Å²) in [5, 5.41) is 11.2. The molecule has 2 heterocycles. The summed E-state index contributed by atoms with van der Waals surface area (Å²) in [6.07, 6.45) is 2.10. The maximum atomic E-state index is 14.1. The second-order valence-electron chi connectivity index (χ2n) is 8.95. The van der Waals surface area contributed by atoms with Crippen LogP contribution in [0.5, 0.6) is 0 Å². The van der Waals surface area contributed by atoms with E-state index >= 15 is 0 Å². The predicted octanol–water partition coefficient (Wildman–Crippen LogP) is 0.439. The molecule has 0 radical (unpaired) electrons. The highest BCUT2D eigenvalue weighted by atomic mass is 32.2. The second-order valence-corrected chi connectivity index (χ2v) is 10.9. The molecule has 1 atom stereocenters. The molecule has 2 fully saturated rings. The summed E-state index contributed by atoms with van der Waals surface area (Å²) in [5.74, 6) is -0.886. The van der Waals surface area contributed by atoms with Crippen LogP contribution in [0.2, 0.25) is 0 Å². The van der Waals surface area contributed by atoms with Crippen LogP contribution in [-0.2, 0) is 14.8 Å². The molecule has 3 rings (SSSR count). The number of carbonyl (C=O) groups is 1. The van der Waals surface area contributed by atoms with Crippen molar-refractivity contribution in [3.8, 4) is 0 Å². The van der Waals surface area contributed by atoms with Gasteiger partial charge in [-0.05, 0) is 25.0 Å². The van der Waals surface area contributed by atoms with Gasteiger partial charge >= 0.3 is 0 Å². The first-order chi connectivity index (χ1) is 14.5. The first-order valence-electron chi connectivity index (χ1n) is 10.6. The normalized spacial score (nSPS) is 23.4. The van der Waals surface area contributed by atoms with Gasteiger partial charge in [0.15, 0.2) is 0 Å². The summed E-state index contributed by atoms with van der Waals surface area (Å²) >= 11 is 0. The van der Waals surface area contributed by atoms with Gasteiger partial charge in [0.25, 0.3) is 0 Å². The molecular weight excluding hydrogens is 423 g/mol. The smallest absolute Gasteiger partial charge is 0.227 e. The monoisotopic (exact) mass is 456 g/mol. The van der Waals surface area contributed by atoms with Crippen LogP contribution in [0.3, 0.4) is 0 Å². The number of nitrogens with zero attached hydrogens (tertiary/aromatic N) is 4. The number of hydrogen-bond donors (Lipinski definition) is 1. The number of carbonyl (C=O) groups excluding carboxylic acids is 1. The Morgan fingerprint density at radius 3 is 2.39 bits per heavy atom. The fourth-order valence-electron chi connectivity index (χ4n) is 4.46. The molecule has 0 saturated carbocycles. The van der Waals surface area contributed by atoms with Gasteiger partial charge in [0, 0.05) is 59.9 Å². The van der Waals surface area contributed by atoms with E-state index in [0.29, 0.717) is 51.3 Å². The van der Waals surface area contributed by atoms with Gasteiger partial charge in [0.05, 0.1) is 23.5 Å². The van der Waals surface area contributed by atoms with E-state index in [1.807, 2.05) is 9.80 Å². The highest BCUT2D eigenvalue weighted by Gasteiger charge is 2.38. The molecule has 174 valence electrons. The predicted molar refractivity (Wildman–Crippen MR) is 118 cm³/mol. The van der Waals surface area contributed by atoms with Crippen LogP contribution in [0.25, 0.3) is 0 Å². The van der Waals surface area contributed by atoms with E-state index in [1.54, 1.807) is 32.3 Å². The number of hydrogen-bond acceptors (Lipinski definition) is 6. The molecule has 0 aliphatic carbocycles. The molecule has 0 aromatic heterocycles. The maximum absolute atomic E-state index is 14.1. The molecule has 1 aromatic carbocycles. The number of aliphatic hydroxyl groups is 1. The zero-order valence-electron chi connectivity index (χ0n) is 18.5. The van der Waals surface area contributed by atoms with Crippen LogP contribution >= 0.6 is 0 Å². The Bertz CT molecular complexity index is 887. The lowest BCUT2D eigenvalue weighted by Crippen LogP contribution is -2.52. The molecule has 1 aromatic rings. The van der Waals surface area contributed by atoms with Crippen molar-refractivity contribution in [2.45, 2.75) is 18.4 Å².